The summed E-state index contributed by atoms with van der Waals surface area (Å²) >= 11 is 0. The number of hydrogen-bond donors (Lipinski definition) is 0. The molecule has 2 aliphatic heterocycles. The van der Waals surface area contributed by atoms with Crippen molar-refractivity contribution in [3.8, 4) is 17.0 Å². The van der Waals surface area contributed by atoms with Crippen molar-refractivity contribution in [2.24, 2.45) is 5.92 Å². The number of ether oxygens (including phenoxy) is 1. The van der Waals surface area contributed by atoms with E-state index >= 15 is 0 Å². The van der Waals surface area contributed by atoms with Crippen LogP contribution in [0.4, 0.5) is 11.5 Å². The Bertz CT molecular complexity index is 1140. The van der Waals surface area contributed by atoms with Crippen LogP contribution in [0.2, 0.25) is 0 Å². The van der Waals surface area contributed by atoms with Crippen LogP contribution in [0.25, 0.3) is 11.3 Å². The number of aromatic nitrogens is 2. The SMILES string of the molecule is COc1ccccc1-c1ccc(N2CCC(C(=O)N3CCCc4cc(C)ccc43)CC2)nn1. The summed E-state index contributed by atoms with van der Waals surface area (Å²) in [5.74, 6) is 1.98. The minimum Gasteiger partial charge on any atom is -0.496 e. The number of carbonyl (C=O) groups is 1. The van der Waals surface area contributed by atoms with E-state index in [9.17, 15) is 4.79 Å². The summed E-state index contributed by atoms with van der Waals surface area (Å²) in [4.78, 5) is 17.6. The number of fused-ring (bicyclic) bond motifs is 1. The molecule has 1 aromatic heterocycles. The van der Waals surface area contributed by atoms with Gasteiger partial charge in [0.15, 0.2) is 5.82 Å². The largest absolute Gasteiger partial charge is 0.496 e. The average molecular weight is 443 g/mol. The third-order valence-corrected chi connectivity index (χ3v) is 6.82. The molecule has 0 N–H and O–H groups in total. The fourth-order valence-corrected chi connectivity index (χ4v) is 5.02. The van der Waals surface area contributed by atoms with Crippen molar-refractivity contribution in [3.63, 3.8) is 0 Å². The molecule has 0 saturated carbocycles. The van der Waals surface area contributed by atoms with Gasteiger partial charge in [0.1, 0.15) is 5.75 Å². The first-order chi connectivity index (χ1) is 16.1. The molecule has 1 amide bonds. The predicted molar refractivity (Wildman–Crippen MR) is 131 cm³/mol. The Labute approximate surface area is 195 Å². The third kappa shape index (κ3) is 4.30. The van der Waals surface area contributed by atoms with Crippen LogP contribution in [-0.4, -0.2) is 42.8 Å². The maximum Gasteiger partial charge on any atom is 0.230 e. The second-order valence-electron chi connectivity index (χ2n) is 8.96. The van der Waals surface area contributed by atoms with Gasteiger partial charge < -0.3 is 14.5 Å². The number of para-hydroxylation sites is 1. The molecule has 3 heterocycles. The smallest absolute Gasteiger partial charge is 0.230 e. The van der Waals surface area contributed by atoms with Crippen molar-refractivity contribution < 1.29 is 9.53 Å². The van der Waals surface area contributed by atoms with Gasteiger partial charge in [-0.1, -0.05) is 29.8 Å². The van der Waals surface area contributed by atoms with Crippen LogP contribution in [-0.2, 0) is 11.2 Å². The Hall–Kier alpha value is -3.41. The lowest BCUT2D eigenvalue weighted by Gasteiger charge is -2.36. The van der Waals surface area contributed by atoms with E-state index in [2.05, 4.69) is 40.2 Å². The van der Waals surface area contributed by atoms with Gasteiger partial charge in [-0.15, -0.1) is 10.2 Å². The summed E-state index contributed by atoms with van der Waals surface area (Å²) in [5, 5.41) is 8.92. The van der Waals surface area contributed by atoms with Crippen LogP contribution < -0.4 is 14.5 Å². The van der Waals surface area contributed by atoms with Gasteiger partial charge in [0.2, 0.25) is 5.91 Å². The maximum absolute atomic E-state index is 13.4. The normalized spacial score (nSPS) is 16.4. The molecule has 2 aromatic carbocycles. The molecule has 3 aromatic rings. The first kappa shape index (κ1) is 21.4. The van der Waals surface area contributed by atoms with Gasteiger partial charge in [-0.25, -0.2) is 0 Å². The van der Waals surface area contributed by atoms with Crippen molar-refractivity contribution in [1.82, 2.24) is 10.2 Å². The monoisotopic (exact) mass is 442 g/mol. The van der Waals surface area contributed by atoms with Crippen molar-refractivity contribution in [2.45, 2.75) is 32.6 Å². The lowest BCUT2D eigenvalue weighted by Crippen LogP contribution is -2.44. The number of rotatable bonds is 4. The molecule has 6 heteroatoms. The van der Waals surface area contributed by atoms with Crippen LogP contribution in [0.3, 0.4) is 0 Å². The number of amides is 1. The van der Waals surface area contributed by atoms with E-state index in [4.69, 9.17) is 4.74 Å². The lowest BCUT2D eigenvalue weighted by atomic mass is 9.92. The Morgan fingerprint density at radius 2 is 1.82 bits per heavy atom. The van der Waals surface area contributed by atoms with E-state index in [1.807, 2.05) is 41.3 Å². The minimum atomic E-state index is 0.0642. The zero-order valence-electron chi connectivity index (χ0n) is 19.3. The summed E-state index contributed by atoms with van der Waals surface area (Å²) in [6.45, 7) is 4.56. The molecule has 0 radical (unpaired) electrons. The molecular weight excluding hydrogens is 412 g/mol. The molecule has 0 atom stereocenters. The van der Waals surface area contributed by atoms with Gasteiger partial charge in [-0.3, -0.25) is 4.79 Å². The van der Waals surface area contributed by atoms with E-state index in [-0.39, 0.29) is 11.8 Å². The summed E-state index contributed by atoms with van der Waals surface area (Å²) < 4.78 is 5.44. The van der Waals surface area contributed by atoms with Crippen molar-refractivity contribution in [1.29, 1.82) is 0 Å². The molecular formula is C27H30N4O2. The fourth-order valence-electron chi connectivity index (χ4n) is 5.02. The van der Waals surface area contributed by atoms with Gasteiger partial charge in [0.25, 0.3) is 0 Å². The maximum atomic E-state index is 13.4. The first-order valence-electron chi connectivity index (χ1n) is 11.8. The predicted octanol–water partition coefficient (Wildman–Crippen LogP) is 4.66. The summed E-state index contributed by atoms with van der Waals surface area (Å²) in [5.41, 5.74) is 5.39. The highest BCUT2D eigenvalue weighted by Gasteiger charge is 2.31. The van der Waals surface area contributed by atoms with Crippen LogP contribution >= 0.6 is 0 Å². The van der Waals surface area contributed by atoms with Gasteiger partial charge in [0.05, 0.1) is 12.8 Å². The molecule has 1 fully saturated rings. The summed E-state index contributed by atoms with van der Waals surface area (Å²) in [6, 6.07) is 18.3. The van der Waals surface area contributed by atoms with Crippen LogP contribution in [0.5, 0.6) is 5.75 Å². The van der Waals surface area contributed by atoms with Gasteiger partial charge in [-0.2, -0.15) is 0 Å². The number of carbonyl (C=O) groups excluding carboxylic acids is 1. The number of piperidine rings is 1. The van der Waals surface area contributed by atoms with E-state index in [1.165, 1.54) is 11.1 Å². The summed E-state index contributed by atoms with van der Waals surface area (Å²) in [6.07, 6.45) is 3.77. The first-order valence-corrected chi connectivity index (χ1v) is 11.8. The van der Waals surface area contributed by atoms with E-state index in [1.54, 1.807) is 7.11 Å². The summed E-state index contributed by atoms with van der Waals surface area (Å²) in [7, 11) is 1.66. The fraction of sp³-hybridized carbons (Fsp3) is 0.370. The number of benzene rings is 2. The number of hydrogen-bond acceptors (Lipinski definition) is 5. The molecule has 5 rings (SSSR count). The minimum absolute atomic E-state index is 0.0642. The van der Waals surface area contributed by atoms with Gasteiger partial charge >= 0.3 is 0 Å². The zero-order valence-corrected chi connectivity index (χ0v) is 19.3. The second-order valence-corrected chi connectivity index (χ2v) is 8.96. The van der Waals surface area contributed by atoms with Crippen LogP contribution in [0.15, 0.2) is 54.6 Å². The number of methoxy groups -OCH3 is 1. The molecule has 170 valence electrons. The molecule has 6 nitrogen and oxygen atoms in total. The Balaban J connectivity index is 1.24. The average Bonchev–Trinajstić information content (AvgIpc) is 2.88. The molecule has 0 aliphatic carbocycles. The van der Waals surface area contributed by atoms with Crippen molar-refractivity contribution in [2.75, 3.05) is 36.5 Å². The molecule has 0 spiro atoms. The van der Waals surface area contributed by atoms with Crippen LogP contribution in [0, 0.1) is 12.8 Å². The topological polar surface area (TPSA) is 58.6 Å². The van der Waals surface area contributed by atoms with Crippen LogP contribution in [0.1, 0.15) is 30.4 Å². The van der Waals surface area contributed by atoms with Gasteiger partial charge in [0, 0.05) is 36.8 Å². The highest BCUT2D eigenvalue weighted by atomic mass is 16.5. The molecule has 0 bridgehead atoms. The second kappa shape index (κ2) is 9.22. The zero-order chi connectivity index (χ0) is 22.8. The third-order valence-electron chi connectivity index (χ3n) is 6.82. The molecule has 2 aliphatic rings. The van der Waals surface area contributed by atoms with E-state index in [0.717, 1.165) is 73.8 Å². The number of aryl methyl sites for hydroxylation is 2. The Morgan fingerprint density at radius 3 is 2.58 bits per heavy atom. The number of nitrogens with zero attached hydrogens (tertiary/aromatic N) is 4. The number of anilines is 2. The molecule has 0 unspecified atom stereocenters. The lowest BCUT2D eigenvalue weighted by molar-refractivity contribution is -0.123. The van der Waals surface area contributed by atoms with E-state index < -0.39 is 0 Å². The van der Waals surface area contributed by atoms with Crippen molar-refractivity contribution >= 4 is 17.4 Å². The highest BCUT2D eigenvalue weighted by molar-refractivity contribution is 5.96. The van der Waals surface area contributed by atoms with Gasteiger partial charge in [-0.05, 0) is 68.5 Å². The quantitative estimate of drug-likeness (QED) is 0.588. The Kier molecular flexibility index (Phi) is 5.99. The van der Waals surface area contributed by atoms with Crippen molar-refractivity contribution in [3.05, 3.63) is 65.7 Å². The highest BCUT2D eigenvalue weighted by Crippen LogP contribution is 2.32. The standard InChI is InChI=1S/C27H30N4O2/c1-19-9-11-24-21(18-19)6-5-15-31(24)27(32)20-13-16-30(17-14-20)26-12-10-23(28-29-26)22-7-3-4-8-25(22)33-2/h3-4,7-12,18,20H,5-6,13-17H2,1-2H3. The Morgan fingerprint density at radius 1 is 1.00 bits per heavy atom. The molecule has 33 heavy (non-hydrogen) atoms. The van der Waals surface area contributed by atoms with E-state index in [0.29, 0.717) is 0 Å². The molecule has 1 saturated heterocycles.